The molecule has 0 unspecified atom stereocenters. The smallest absolute Gasteiger partial charge is 0.262 e. The fourth-order valence-corrected chi connectivity index (χ4v) is 3.00. The van der Waals surface area contributed by atoms with Crippen molar-refractivity contribution < 1.29 is 14.3 Å². The van der Waals surface area contributed by atoms with Crippen LogP contribution in [0.5, 0.6) is 5.75 Å². The number of anilines is 2. The largest absolute Gasteiger partial charge is 0.483 e. The number of amides is 2. The molecule has 0 saturated carbocycles. The van der Waals surface area contributed by atoms with Gasteiger partial charge in [0.05, 0.1) is 0 Å². The van der Waals surface area contributed by atoms with Crippen molar-refractivity contribution in [1.29, 1.82) is 0 Å². The van der Waals surface area contributed by atoms with E-state index in [4.69, 9.17) is 4.74 Å². The second-order valence-electron chi connectivity index (χ2n) is 9.67. The van der Waals surface area contributed by atoms with Crippen LogP contribution in [0.15, 0.2) is 42.5 Å². The van der Waals surface area contributed by atoms with Gasteiger partial charge in [-0.3, -0.25) is 9.59 Å². The first-order valence-electron chi connectivity index (χ1n) is 10.2. The molecule has 30 heavy (non-hydrogen) atoms. The van der Waals surface area contributed by atoms with E-state index in [1.165, 1.54) is 12.5 Å². The van der Waals surface area contributed by atoms with Gasteiger partial charge in [-0.25, -0.2) is 0 Å². The van der Waals surface area contributed by atoms with Crippen LogP contribution in [0.4, 0.5) is 11.4 Å². The summed E-state index contributed by atoms with van der Waals surface area (Å²) in [5.74, 6) is 0.443. The van der Waals surface area contributed by atoms with Crippen LogP contribution in [0.2, 0.25) is 0 Å². The van der Waals surface area contributed by atoms with Crippen molar-refractivity contribution >= 4 is 23.2 Å². The van der Waals surface area contributed by atoms with E-state index in [9.17, 15) is 9.59 Å². The zero-order valence-corrected chi connectivity index (χ0v) is 19.4. The quantitative estimate of drug-likeness (QED) is 0.729. The van der Waals surface area contributed by atoms with Gasteiger partial charge in [0.15, 0.2) is 6.61 Å². The van der Waals surface area contributed by atoms with Crippen LogP contribution in [-0.4, -0.2) is 25.5 Å². The Morgan fingerprint density at radius 3 is 2.03 bits per heavy atom. The highest BCUT2D eigenvalue weighted by Crippen LogP contribution is 2.35. The summed E-state index contributed by atoms with van der Waals surface area (Å²) in [7, 11) is 1.71. The van der Waals surface area contributed by atoms with Gasteiger partial charge in [0.25, 0.3) is 5.91 Å². The standard InChI is InChI=1S/C25H34N2O3/c1-17(28)27(8)20-12-10-19(11-13-20)26-23(29)16-30-22-14-9-18(24(2,3)4)15-21(22)25(5,6)7/h9-15H,16H2,1-8H3,(H,26,29). The third-order valence-corrected chi connectivity index (χ3v) is 5.02. The van der Waals surface area contributed by atoms with Crippen LogP contribution >= 0.6 is 0 Å². The van der Waals surface area contributed by atoms with Crippen LogP contribution in [0, 0.1) is 0 Å². The molecule has 0 heterocycles. The summed E-state index contributed by atoms with van der Waals surface area (Å²) in [6.07, 6.45) is 0. The molecule has 0 fully saturated rings. The normalized spacial score (nSPS) is 11.7. The second-order valence-corrected chi connectivity index (χ2v) is 9.67. The van der Waals surface area contributed by atoms with E-state index >= 15 is 0 Å². The van der Waals surface area contributed by atoms with Gasteiger partial charge in [0.2, 0.25) is 5.91 Å². The number of rotatable bonds is 5. The summed E-state index contributed by atoms with van der Waals surface area (Å²) in [5.41, 5.74) is 3.68. The highest BCUT2D eigenvalue weighted by molar-refractivity contribution is 5.93. The van der Waals surface area contributed by atoms with Crippen LogP contribution < -0.4 is 15.0 Å². The molecule has 1 N–H and O–H groups in total. The molecule has 0 aromatic heterocycles. The van der Waals surface area contributed by atoms with Crippen molar-refractivity contribution in [3.05, 3.63) is 53.6 Å². The first kappa shape index (κ1) is 23.5. The predicted octanol–water partition coefficient (Wildman–Crippen LogP) is 5.28. The van der Waals surface area contributed by atoms with Crippen LogP contribution in [0.1, 0.15) is 59.6 Å². The number of benzene rings is 2. The molecule has 0 bridgehead atoms. The Bertz CT molecular complexity index is 903. The van der Waals surface area contributed by atoms with E-state index in [2.05, 4.69) is 59.0 Å². The molecule has 2 amide bonds. The molecule has 5 heteroatoms. The number of nitrogens with one attached hydrogen (secondary N) is 1. The maximum atomic E-state index is 12.4. The Morgan fingerprint density at radius 2 is 1.53 bits per heavy atom. The Labute approximate surface area is 180 Å². The van der Waals surface area contributed by atoms with Crippen molar-refractivity contribution in [3.63, 3.8) is 0 Å². The maximum absolute atomic E-state index is 12.4. The molecule has 0 atom stereocenters. The fourth-order valence-electron chi connectivity index (χ4n) is 3.00. The lowest BCUT2D eigenvalue weighted by molar-refractivity contribution is -0.118. The van der Waals surface area contributed by atoms with Gasteiger partial charge in [-0.05, 0) is 52.3 Å². The summed E-state index contributed by atoms with van der Waals surface area (Å²) >= 11 is 0. The SMILES string of the molecule is CC(=O)N(C)c1ccc(NC(=O)COc2ccc(C(C)(C)C)cc2C(C)(C)C)cc1. The molecular formula is C25H34N2O3. The van der Waals surface area contributed by atoms with E-state index in [0.717, 1.165) is 17.0 Å². The van der Waals surface area contributed by atoms with Crippen molar-refractivity contribution in [2.24, 2.45) is 0 Å². The topological polar surface area (TPSA) is 58.6 Å². The summed E-state index contributed by atoms with van der Waals surface area (Å²) in [4.78, 5) is 25.4. The Balaban J connectivity index is 2.08. The van der Waals surface area contributed by atoms with Crippen LogP contribution in [0.3, 0.4) is 0 Å². The Hall–Kier alpha value is -2.82. The third kappa shape index (κ3) is 6.09. The maximum Gasteiger partial charge on any atom is 0.262 e. The molecule has 0 saturated heterocycles. The van der Waals surface area contributed by atoms with E-state index < -0.39 is 0 Å². The van der Waals surface area contributed by atoms with E-state index in [-0.39, 0.29) is 29.3 Å². The summed E-state index contributed by atoms with van der Waals surface area (Å²) in [5, 5.41) is 2.83. The second kappa shape index (κ2) is 8.90. The molecular weight excluding hydrogens is 376 g/mol. The molecule has 0 aliphatic heterocycles. The predicted molar refractivity (Wildman–Crippen MR) is 123 cm³/mol. The third-order valence-electron chi connectivity index (χ3n) is 5.02. The van der Waals surface area contributed by atoms with Gasteiger partial charge in [-0.1, -0.05) is 53.7 Å². The van der Waals surface area contributed by atoms with Crippen molar-refractivity contribution in [1.82, 2.24) is 0 Å². The zero-order chi connectivity index (χ0) is 22.7. The first-order valence-corrected chi connectivity index (χ1v) is 10.2. The van der Waals surface area contributed by atoms with Gasteiger partial charge in [-0.2, -0.15) is 0 Å². The molecule has 2 aromatic rings. The number of carbonyl (C=O) groups is 2. The Kier molecular flexibility index (Phi) is 6.96. The van der Waals surface area contributed by atoms with Gasteiger partial charge in [0.1, 0.15) is 5.75 Å². The van der Waals surface area contributed by atoms with E-state index in [0.29, 0.717) is 5.69 Å². The van der Waals surface area contributed by atoms with Gasteiger partial charge in [-0.15, -0.1) is 0 Å². The Morgan fingerprint density at radius 1 is 0.933 bits per heavy atom. The summed E-state index contributed by atoms with van der Waals surface area (Å²) in [6.45, 7) is 14.4. The number of ether oxygens (including phenoxy) is 1. The average molecular weight is 411 g/mol. The monoisotopic (exact) mass is 410 g/mol. The van der Waals surface area contributed by atoms with Crippen molar-refractivity contribution in [2.45, 2.75) is 59.3 Å². The lowest BCUT2D eigenvalue weighted by atomic mass is 9.80. The first-order chi connectivity index (χ1) is 13.8. The van der Waals surface area contributed by atoms with Crippen LogP contribution in [0.25, 0.3) is 0 Å². The number of carbonyl (C=O) groups excluding carboxylic acids is 2. The molecule has 2 rings (SSSR count). The molecule has 162 valence electrons. The molecule has 0 radical (unpaired) electrons. The number of nitrogens with zero attached hydrogens (tertiary/aromatic N) is 1. The van der Waals surface area contributed by atoms with Gasteiger partial charge < -0.3 is 15.0 Å². The van der Waals surface area contributed by atoms with Crippen molar-refractivity contribution in [3.8, 4) is 5.75 Å². The number of hydrogen-bond acceptors (Lipinski definition) is 3. The average Bonchev–Trinajstić information content (AvgIpc) is 2.64. The molecule has 5 nitrogen and oxygen atoms in total. The van der Waals surface area contributed by atoms with E-state index in [1.54, 1.807) is 36.2 Å². The highest BCUT2D eigenvalue weighted by Gasteiger charge is 2.23. The van der Waals surface area contributed by atoms with Crippen molar-refractivity contribution in [2.75, 3.05) is 23.9 Å². The number of hydrogen-bond donors (Lipinski definition) is 1. The summed E-state index contributed by atoms with van der Waals surface area (Å²) in [6, 6.07) is 13.3. The highest BCUT2D eigenvalue weighted by atomic mass is 16.5. The van der Waals surface area contributed by atoms with E-state index in [1.807, 2.05) is 6.07 Å². The molecule has 0 aliphatic carbocycles. The molecule has 0 aliphatic rings. The van der Waals surface area contributed by atoms with Crippen LogP contribution in [-0.2, 0) is 20.4 Å². The lowest BCUT2D eigenvalue weighted by Crippen LogP contribution is -2.23. The minimum Gasteiger partial charge on any atom is -0.483 e. The van der Waals surface area contributed by atoms with Gasteiger partial charge in [0, 0.05) is 25.3 Å². The molecule has 2 aromatic carbocycles. The molecule has 0 spiro atoms. The minimum atomic E-state index is -0.234. The zero-order valence-electron chi connectivity index (χ0n) is 19.4. The van der Waals surface area contributed by atoms with Gasteiger partial charge >= 0.3 is 0 Å². The lowest BCUT2D eigenvalue weighted by Gasteiger charge is -2.27. The minimum absolute atomic E-state index is 0.0402. The fraction of sp³-hybridized carbons (Fsp3) is 0.440. The summed E-state index contributed by atoms with van der Waals surface area (Å²) < 4.78 is 5.89.